The molecule has 2 N–H and O–H groups in total. The van der Waals surface area contributed by atoms with Crippen molar-refractivity contribution in [1.29, 1.82) is 0 Å². The van der Waals surface area contributed by atoms with Gasteiger partial charge in [-0.05, 0) is 18.1 Å². The zero-order valence-electron chi connectivity index (χ0n) is 11.7. The third-order valence-electron chi connectivity index (χ3n) is 3.75. The molecule has 1 fully saturated rings. The van der Waals surface area contributed by atoms with Crippen LogP contribution in [0.2, 0.25) is 0 Å². The number of hydrogen-bond donors (Lipinski definition) is 2. The summed E-state index contributed by atoms with van der Waals surface area (Å²) in [7, 11) is 1.70. The molecule has 4 heteroatoms. The number of rotatable bonds is 6. The van der Waals surface area contributed by atoms with Gasteiger partial charge in [-0.1, -0.05) is 24.3 Å². The molecule has 2 unspecified atom stereocenters. The molecule has 0 radical (unpaired) electrons. The first-order chi connectivity index (χ1) is 9.14. The van der Waals surface area contributed by atoms with Crippen LogP contribution < -0.4 is 5.32 Å². The summed E-state index contributed by atoms with van der Waals surface area (Å²) >= 11 is 0. The van der Waals surface area contributed by atoms with Crippen molar-refractivity contribution in [2.45, 2.75) is 38.2 Å². The fraction of sp³-hybridized carbons (Fsp3) is 0.600. The maximum atomic E-state index is 10.3. The molecule has 2 rings (SSSR count). The van der Waals surface area contributed by atoms with E-state index in [2.05, 4.69) is 29.6 Å². The number of benzene rings is 1. The zero-order valence-corrected chi connectivity index (χ0v) is 11.7. The highest BCUT2D eigenvalue weighted by atomic mass is 16.5. The van der Waals surface area contributed by atoms with Gasteiger partial charge >= 0.3 is 0 Å². The second-order valence-corrected chi connectivity index (χ2v) is 5.22. The van der Waals surface area contributed by atoms with E-state index in [9.17, 15) is 5.11 Å². The predicted molar refractivity (Wildman–Crippen MR) is 73.8 cm³/mol. The summed E-state index contributed by atoms with van der Waals surface area (Å²) in [6.45, 7) is 4.53. The lowest BCUT2D eigenvalue weighted by Gasteiger charge is -2.26. The number of aliphatic hydroxyl groups is 1. The summed E-state index contributed by atoms with van der Waals surface area (Å²) in [6.07, 6.45) is 0.609. The highest BCUT2D eigenvalue weighted by Crippen LogP contribution is 2.24. The van der Waals surface area contributed by atoms with E-state index in [-0.39, 0.29) is 6.10 Å². The molecule has 0 aromatic heterocycles. The van der Waals surface area contributed by atoms with Gasteiger partial charge in [0, 0.05) is 33.2 Å². The van der Waals surface area contributed by atoms with Crippen molar-refractivity contribution in [1.82, 2.24) is 5.32 Å². The molecular weight excluding hydrogens is 242 g/mol. The van der Waals surface area contributed by atoms with Crippen molar-refractivity contribution in [3.63, 3.8) is 0 Å². The SMILES string of the molecule is COCc1ccc(CNCC2(O)CCOC2C)cc1. The summed E-state index contributed by atoms with van der Waals surface area (Å²) in [5.74, 6) is 0. The maximum Gasteiger partial charge on any atom is 0.105 e. The number of hydrogen-bond acceptors (Lipinski definition) is 4. The van der Waals surface area contributed by atoms with Crippen LogP contribution in [0.25, 0.3) is 0 Å². The Balaban J connectivity index is 1.79. The Hall–Kier alpha value is -0.940. The average molecular weight is 265 g/mol. The Morgan fingerprint density at radius 3 is 2.63 bits per heavy atom. The first-order valence-corrected chi connectivity index (χ1v) is 6.75. The minimum Gasteiger partial charge on any atom is -0.386 e. The predicted octanol–water partition coefficient (Wildman–Crippen LogP) is 1.46. The van der Waals surface area contributed by atoms with Crippen LogP contribution in [0, 0.1) is 0 Å². The van der Waals surface area contributed by atoms with Crippen LogP contribution in [-0.2, 0) is 22.6 Å². The molecule has 0 spiro atoms. The van der Waals surface area contributed by atoms with Gasteiger partial charge in [0.2, 0.25) is 0 Å². The van der Waals surface area contributed by atoms with Gasteiger partial charge in [-0.2, -0.15) is 0 Å². The molecule has 1 saturated heterocycles. The summed E-state index contributed by atoms with van der Waals surface area (Å²) in [5.41, 5.74) is 1.65. The molecule has 19 heavy (non-hydrogen) atoms. The molecule has 2 atom stereocenters. The van der Waals surface area contributed by atoms with Gasteiger partial charge < -0.3 is 19.9 Å². The quantitative estimate of drug-likeness (QED) is 0.817. The van der Waals surface area contributed by atoms with Gasteiger partial charge in [0.05, 0.1) is 12.7 Å². The average Bonchev–Trinajstić information content (AvgIpc) is 2.72. The molecule has 106 valence electrons. The van der Waals surface area contributed by atoms with Crippen molar-refractivity contribution in [2.75, 3.05) is 20.3 Å². The van der Waals surface area contributed by atoms with Gasteiger partial charge in [0.1, 0.15) is 5.60 Å². The Morgan fingerprint density at radius 2 is 2.05 bits per heavy atom. The van der Waals surface area contributed by atoms with Crippen LogP contribution in [0.3, 0.4) is 0 Å². The fourth-order valence-corrected chi connectivity index (χ4v) is 2.35. The Kier molecular flexibility index (Phi) is 4.93. The lowest BCUT2D eigenvalue weighted by molar-refractivity contribution is -0.0262. The van der Waals surface area contributed by atoms with Crippen LogP contribution in [-0.4, -0.2) is 37.1 Å². The summed E-state index contributed by atoms with van der Waals surface area (Å²) in [6, 6.07) is 8.30. The van der Waals surface area contributed by atoms with E-state index in [4.69, 9.17) is 9.47 Å². The van der Waals surface area contributed by atoms with E-state index in [1.165, 1.54) is 11.1 Å². The topological polar surface area (TPSA) is 50.7 Å². The Bertz CT molecular complexity index is 393. The minimum atomic E-state index is -0.726. The number of ether oxygens (including phenoxy) is 2. The third kappa shape index (κ3) is 3.76. The van der Waals surface area contributed by atoms with E-state index in [0.29, 0.717) is 26.2 Å². The Labute approximate surface area is 114 Å². The smallest absolute Gasteiger partial charge is 0.105 e. The first-order valence-electron chi connectivity index (χ1n) is 6.75. The largest absolute Gasteiger partial charge is 0.386 e. The molecule has 4 nitrogen and oxygen atoms in total. The summed E-state index contributed by atoms with van der Waals surface area (Å²) < 4.78 is 10.5. The van der Waals surface area contributed by atoms with Crippen LogP contribution in [0.15, 0.2) is 24.3 Å². The van der Waals surface area contributed by atoms with Crippen molar-refractivity contribution >= 4 is 0 Å². The molecule has 0 bridgehead atoms. The highest BCUT2D eigenvalue weighted by molar-refractivity contribution is 5.22. The van der Waals surface area contributed by atoms with Gasteiger partial charge in [0.25, 0.3) is 0 Å². The van der Waals surface area contributed by atoms with Crippen LogP contribution in [0.1, 0.15) is 24.5 Å². The molecule has 1 aliphatic heterocycles. The van der Waals surface area contributed by atoms with Gasteiger partial charge in [0.15, 0.2) is 0 Å². The summed E-state index contributed by atoms with van der Waals surface area (Å²) in [4.78, 5) is 0. The van der Waals surface area contributed by atoms with Gasteiger partial charge in [-0.25, -0.2) is 0 Å². The van der Waals surface area contributed by atoms with Gasteiger partial charge in [-0.15, -0.1) is 0 Å². The highest BCUT2D eigenvalue weighted by Gasteiger charge is 2.38. The molecule has 0 amide bonds. The lowest BCUT2D eigenvalue weighted by Crippen LogP contribution is -2.45. The Morgan fingerprint density at radius 1 is 1.37 bits per heavy atom. The number of nitrogens with one attached hydrogen (secondary N) is 1. The van der Waals surface area contributed by atoms with Crippen molar-refractivity contribution in [3.8, 4) is 0 Å². The standard InChI is InChI=1S/C15H23NO3/c1-12-15(17,7-8-19-12)11-16-9-13-3-5-14(6-4-13)10-18-2/h3-6,12,16-17H,7-11H2,1-2H3. The van der Waals surface area contributed by atoms with E-state index in [0.717, 1.165) is 6.54 Å². The monoisotopic (exact) mass is 265 g/mol. The molecule has 0 saturated carbocycles. The second kappa shape index (κ2) is 6.48. The third-order valence-corrected chi connectivity index (χ3v) is 3.75. The van der Waals surface area contributed by atoms with E-state index < -0.39 is 5.60 Å². The second-order valence-electron chi connectivity index (χ2n) is 5.22. The molecule has 1 aromatic carbocycles. The van der Waals surface area contributed by atoms with Crippen LogP contribution >= 0.6 is 0 Å². The molecule has 1 heterocycles. The molecule has 1 aliphatic rings. The van der Waals surface area contributed by atoms with E-state index >= 15 is 0 Å². The maximum absolute atomic E-state index is 10.3. The fourth-order valence-electron chi connectivity index (χ4n) is 2.35. The van der Waals surface area contributed by atoms with Crippen molar-refractivity contribution < 1.29 is 14.6 Å². The molecular formula is C15H23NO3. The number of methoxy groups -OCH3 is 1. The zero-order chi connectivity index (χ0) is 13.7. The lowest BCUT2D eigenvalue weighted by atomic mass is 9.96. The normalized spacial score (nSPS) is 26.8. The van der Waals surface area contributed by atoms with Crippen molar-refractivity contribution in [2.24, 2.45) is 0 Å². The van der Waals surface area contributed by atoms with E-state index in [1.807, 2.05) is 6.92 Å². The molecule has 0 aliphatic carbocycles. The van der Waals surface area contributed by atoms with E-state index in [1.54, 1.807) is 7.11 Å². The molecule has 1 aromatic rings. The summed E-state index contributed by atoms with van der Waals surface area (Å²) in [5, 5.41) is 13.7. The van der Waals surface area contributed by atoms with Crippen LogP contribution in [0.5, 0.6) is 0 Å². The van der Waals surface area contributed by atoms with Gasteiger partial charge in [-0.3, -0.25) is 0 Å². The minimum absolute atomic E-state index is 0.0934. The van der Waals surface area contributed by atoms with Crippen LogP contribution in [0.4, 0.5) is 0 Å². The van der Waals surface area contributed by atoms with Crippen molar-refractivity contribution in [3.05, 3.63) is 35.4 Å². The first kappa shape index (κ1) is 14.5.